The maximum Gasteiger partial charge on any atom is 0.255 e. The van der Waals surface area contributed by atoms with Gasteiger partial charge < -0.3 is 15.8 Å². The van der Waals surface area contributed by atoms with Crippen molar-refractivity contribution in [3.8, 4) is 5.75 Å². The fraction of sp³-hybridized carbons (Fsp3) is 0.143. The molecule has 1 amide bonds. The molecule has 0 atom stereocenters. The Bertz CT molecular complexity index is 639. The van der Waals surface area contributed by atoms with Crippen LogP contribution in [0, 0.1) is 6.92 Å². The number of carbonyl (C=O) groups is 1. The number of aryl methyl sites for hydroxylation is 1. The van der Waals surface area contributed by atoms with Gasteiger partial charge >= 0.3 is 0 Å². The predicted octanol–water partition coefficient (Wildman–Crippen LogP) is 2.89. The van der Waals surface area contributed by atoms with Crippen molar-refractivity contribution < 1.29 is 9.53 Å². The van der Waals surface area contributed by atoms with E-state index in [0.717, 1.165) is 0 Å². The number of hydrogen-bond donors (Lipinski definition) is 2. The Kier molecular flexibility index (Phi) is 4.10. The van der Waals surface area contributed by atoms with Crippen LogP contribution in [0.5, 0.6) is 5.75 Å². The van der Waals surface area contributed by atoms with Gasteiger partial charge in [0.25, 0.3) is 5.91 Å². The summed E-state index contributed by atoms with van der Waals surface area (Å²) < 4.78 is 5.17. The normalized spacial score (nSPS) is 10.2. The second-order valence-corrected chi connectivity index (χ2v) is 4.66. The van der Waals surface area contributed by atoms with Crippen LogP contribution in [-0.4, -0.2) is 18.0 Å². The fourth-order valence-corrected chi connectivity index (χ4v) is 1.97. The standard InChI is InChI=1S/C14H14ClN3O2/c1-8-5-9(6-13(16)17-8)14(19)18-11-7-10(15)3-4-12(11)20-2/h3-7H,1-2H3,(H2,16,17)(H,18,19). The van der Waals surface area contributed by atoms with Crippen LogP contribution >= 0.6 is 11.6 Å². The molecule has 6 heteroatoms. The summed E-state index contributed by atoms with van der Waals surface area (Å²) in [6.45, 7) is 1.77. The summed E-state index contributed by atoms with van der Waals surface area (Å²) in [6, 6.07) is 8.16. The van der Waals surface area contributed by atoms with E-state index in [-0.39, 0.29) is 5.91 Å². The van der Waals surface area contributed by atoms with E-state index < -0.39 is 0 Å². The molecule has 0 spiro atoms. The molecule has 0 saturated carbocycles. The number of methoxy groups -OCH3 is 1. The van der Waals surface area contributed by atoms with Crippen molar-refractivity contribution in [3.05, 3.63) is 46.6 Å². The van der Waals surface area contributed by atoms with Crippen LogP contribution in [0.15, 0.2) is 30.3 Å². The van der Waals surface area contributed by atoms with Gasteiger partial charge in [-0.25, -0.2) is 4.98 Å². The van der Waals surface area contributed by atoms with Gasteiger partial charge in [-0.1, -0.05) is 11.6 Å². The van der Waals surface area contributed by atoms with Crippen molar-refractivity contribution in [1.29, 1.82) is 0 Å². The van der Waals surface area contributed by atoms with Crippen molar-refractivity contribution in [1.82, 2.24) is 4.98 Å². The molecule has 0 fully saturated rings. The third kappa shape index (κ3) is 3.19. The number of ether oxygens (including phenoxy) is 1. The summed E-state index contributed by atoms with van der Waals surface area (Å²) in [6.07, 6.45) is 0. The van der Waals surface area contributed by atoms with Crippen molar-refractivity contribution in [2.75, 3.05) is 18.2 Å². The Morgan fingerprint density at radius 1 is 1.35 bits per heavy atom. The molecule has 1 aromatic carbocycles. The average molecular weight is 292 g/mol. The van der Waals surface area contributed by atoms with Gasteiger partial charge in [0.05, 0.1) is 12.8 Å². The number of benzene rings is 1. The molecule has 0 aliphatic rings. The number of nitrogens with two attached hydrogens (primary N) is 1. The number of amides is 1. The highest BCUT2D eigenvalue weighted by Gasteiger charge is 2.11. The second-order valence-electron chi connectivity index (χ2n) is 4.22. The monoisotopic (exact) mass is 291 g/mol. The molecule has 1 heterocycles. The van der Waals surface area contributed by atoms with Gasteiger partial charge in [-0.3, -0.25) is 4.79 Å². The van der Waals surface area contributed by atoms with Crippen LogP contribution in [0.2, 0.25) is 5.02 Å². The Labute approximate surface area is 121 Å². The molecule has 0 unspecified atom stereocenters. The molecule has 0 aliphatic heterocycles. The number of pyridine rings is 1. The van der Waals surface area contributed by atoms with Gasteiger partial charge in [-0.2, -0.15) is 0 Å². The van der Waals surface area contributed by atoms with E-state index in [4.69, 9.17) is 22.1 Å². The number of rotatable bonds is 3. The quantitative estimate of drug-likeness (QED) is 0.911. The van der Waals surface area contributed by atoms with Gasteiger partial charge in [0.15, 0.2) is 0 Å². The molecular weight excluding hydrogens is 278 g/mol. The SMILES string of the molecule is COc1ccc(Cl)cc1NC(=O)c1cc(C)nc(N)c1. The van der Waals surface area contributed by atoms with E-state index in [0.29, 0.717) is 33.5 Å². The van der Waals surface area contributed by atoms with Crippen LogP contribution in [0.25, 0.3) is 0 Å². The van der Waals surface area contributed by atoms with Crippen molar-refractivity contribution in [2.45, 2.75) is 6.92 Å². The number of nitrogen functional groups attached to an aromatic ring is 1. The van der Waals surface area contributed by atoms with E-state index in [1.165, 1.54) is 13.2 Å². The van der Waals surface area contributed by atoms with Crippen LogP contribution in [0.4, 0.5) is 11.5 Å². The summed E-state index contributed by atoms with van der Waals surface area (Å²) >= 11 is 5.92. The molecule has 1 aromatic heterocycles. The largest absolute Gasteiger partial charge is 0.495 e. The zero-order valence-electron chi connectivity index (χ0n) is 11.1. The molecular formula is C14H14ClN3O2. The maximum absolute atomic E-state index is 12.2. The van der Waals surface area contributed by atoms with Crippen molar-refractivity contribution in [2.24, 2.45) is 0 Å². The number of nitrogens with zero attached hydrogens (tertiary/aromatic N) is 1. The highest BCUT2D eigenvalue weighted by Crippen LogP contribution is 2.28. The third-order valence-corrected chi connectivity index (χ3v) is 2.88. The van der Waals surface area contributed by atoms with Crippen LogP contribution in [0.3, 0.4) is 0 Å². The second kappa shape index (κ2) is 5.79. The number of halogens is 1. The van der Waals surface area contributed by atoms with E-state index in [2.05, 4.69) is 10.3 Å². The molecule has 2 aromatic rings. The van der Waals surface area contributed by atoms with Gasteiger partial charge in [-0.05, 0) is 37.3 Å². The lowest BCUT2D eigenvalue weighted by atomic mass is 10.2. The fourth-order valence-electron chi connectivity index (χ4n) is 1.80. The average Bonchev–Trinajstić information content (AvgIpc) is 2.37. The third-order valence-electron chi connectivity index (χ3n) is 2.65. The summed E-state index contributed by atoms with van der Waals surface area (Å²) in [4.78, 5) is 16.2. The Hall–Kier alpha value is -2.27. The lowest BCUT2D eigenvalue weighted by Crippen LogP contribution is -2.13. The number of anilines is 2. The Morgan fingerprint density at radius 2 is 2.10 bits per heavy atom. The van der Waals surface area contributed by atoms with E-state index >= 15 is 0 Å². The predicted molar refractivity (Wildman–Crippen MR) is 79.3 cm³/mol. The molecule has 0 radical (unpaired) electrons. The number of hydrogen-bond acceptors (Lipinski definition) is 4. The first-order valence-electron chi connectivity index (χ1n) is 5.88. The molecule has 0 aliphatic carbocycles. The van der Waals surface area contributed by atoms with Gasteiger partial charge in [0, 0.05) is 16.3 Å². The minimum atomic E-state index is -0.303. The van der Waals surface area contributed by atoms with Crippen LogP contribution in [-0.2, 0) is 0 Å². The van der Waals surface area contributed by atoms with Gasteiger partial charge in [-0.15, -0.1) is 0 Å². The van der Waals surface area contributed by atoms with Crippen molar-refractivity contribution >= 4 is 29.0 Å². The smallest absolute Gasteiger partial charge is 0.255 e. The number of nitrogens with one attached hydrogen (secondary N) is 1. The van der Waals surface area contributed by atoms with E-state index in [9.17, 15) is 4.79 Å². The van der Waals surface area contributed by atoms with Crippen LogP contribution in [0.1, 0.15) is 16.1 Å². The molecule has 3 N–H and O–H groups in total. The zero-order chi connectivity index (χ0) is 14.7. The van der Waals surface area contributed by atoms with Gasteiger partial charge in [0.2, 0.25) is 0 Å². The highest BCUT2D eigenvalue weighted by molar-refractivity contribution is 6.31. The first-order chi connectivity index (χ1) is 9.49. The lowest BCUT2D eigenvalue weighted by Gasteiger charge is -2.11. The van der Waals surface area contributed by atoms with Crippen molar-refractivity contribution in [3.63, 3.8) is 0 Å². The van der Waals surface area contributed by atoms with Crippen LogP contribution < -0.4 is 15.8 Å². The molecule has 104 valence electrons. The van der Waals surface area contributed by atoms with E-state index in [1.54, 1.807) is 31.2 Å². The number of aromatic nitrogens is 1. The molecule has 5 nitrogen and oxygen atoms in total. The minimum Gasteiger partial charge on any atom is -0.495 e. The summed E-state index contributed by atoms with van der Waals surface area (Å²) in [7, 11) is 1.52. The topological polar surface area (TPSA) is 77.2 Å². The first kappa shape index (κ1) is 14.1. The molecule has 20 heavy (non-hydrogen) atoms. The molecule has 2 rings (SSSR count). The molecule has 0 saturated heterocycles. The lowest BCUT2D eigenvalue weighted by molar-refractivity contribution is 0.102. The maximum atomic E-state index is 12.2. The van der Waals surface area contributed by atoms with E-state index in [1.807, 2.05) is 0 Å². The molecule has 0 bridgehead atoms. The summed E-state index contributed by atoms with van der Waals surface area (Å²) in [5.74, 6) is 0.525. The Morgan fingerprint density at radius 3 is 2.75 bits per heavy atom. The minimum absolute atomic E-state index is 0.299. The highest BCUT2D eigenvalue weighted by atomic mass is 35.5. The number of carbonyl (C=O) groups excluding carboxylic acids is 1. The summed E-state index contributed by atoms with van der Waals surface area (Å²) in [5.41, 5.74) is 7.23. The Balaban J connectivity index is 2.29. The summed E-state index contributed by atoms with van der Waals surface area (Å²) in [5, 5.41) is 3.25. The first-order valence-corrected chi connectivity index (χ1v) is 6.26. The zero-order valence-corrected chi connectivity index (χ0v) is 11.9. The van der Waals surface area contributed by atoms with Gasteiger partial charge in [0.1, 0.15) is 11.6 Å².